The van der Waals surface area contributed by atoms with Crippen molar-refractivity contribution < 1.29 is 46.0 Å². The number of rotatable bonds is 12. The number of sulfonamides is 1. The van der Waals surface area contributed by atoms with E-state index in [1.54, 1.807) is 20.8 Å². The summed E-state index contributed by atoms with van der Waals surface area (Å²) in [6.07, 6.45) is -4.74. The third-order valence-electron chi connectivity index (χ3n) is 9.99. The molecule has 0 radical (unpaired) electrons. The SMILES string of the molecule is CC(C)COC(=O)N[C@H](C(=O)N1C[C@H](ON=C2c3ccccc3-c3ccccc32)C[C@H]1C(=O)N[C@@]1(C(=O)NS(=O)(=O)C2CC2)C[C@H]1C(F)F)C(C)(C)C. The number of alkyl carbamates (subject to hydrolysis) is 1. The summed E-state index contributed by atoms with van der Waals surface area (Å²) >= 11 is 0. The molecule has 0 unspecified atom stereocenters. The van der Waals surface area contributed by atoms with Crippen molar-refractivity contribution >= 4 is 39.5 Å². The van der Waals surface area contributed by atoms with Gasteiger partial charge in [-0.2, -0.15) is 0 Å². The van der Waals surface area contributed by atoms with E-state index in [0.717, 1.165) is 22.3 Å². The maximum Gasteiger partial charge on any atom is 0.407 e. The van der Waals surface area contributed by atoms with Crippen LogP contribution in [0.3, 0.4) is 0 Å². The molecule has 6 rings (SSSR count). The van der Waals surface area contributed by atoms with Gasteiger partial charge in [0.05, 0.1) is 24.3 Å². The number of oxime groups is 1. The summed E-state index contributed by atoms with van der Waals surface area (Å²) in [4.78, 5) is 61.8. The minimum atomic E-state index is -4.12. The summed E-state index contributed by atoms with van der Waals surface area (Å²) < 4.78 is 60.5. The van der Waals surface area contributed by atoms with Gasteiger partial charge in [-0.05, 0) is 41.7 Å². The third kappa shape index (κ3) is 7.87. The number of nitrogens with zero attached hydrogens (tertiary/aromatic N) is 2. The highest BCUT2D eigenvalue weighted by Gasteiger charge is 2.67. The number of nitrogens with one attached hydrogen (secondary N) is 3. The van der Waals surface area contributed by atoms with Crippen LogP contribution in [0.5, 0.6) is 0 Å². The number of carbonyl (C=O) groups excluding carboxylic acids is 4. The van der Waals surface area contributed by atoms with E-state index < -0.39 is 87.0 Å². The van der Waals surface area contributed by atoms with E-state index in [1.807, 2.05) is 67.1 Å². The highest BCUT2D eigenvalue weighted by Crippen LogP contribution is 2.48. The molecular weight excluding hydrogens is 712 g/mol. The quantitative estimate of drug-likeness (QED) is 0.233. The first-order valence-corrected chi connectivity index (χ1v) is 19.3. The molecule has 13 nitrogen and oxygen atoms in total. The van der Waals surface area contributed by atoms with E-state index in [1.165, 1.54) is 4.90 Å². The van der Waals surface area contributed by atoms with E-state index in [4.69, 9.17) is 9.57 Å². The van der Waals surface area contributed by atoms with Crippen LogP contribution in [0, 0.1) is 17.3 Å². The molecule has 2 aromatic rings. The van der Waals surface area contributed by atoms with Crippen molar-refractivity contribution in [1.82, 2.24) is 20.3 Å². The number of halogens is 2. The van der Waals surface area contributed by atoms with Crippen molar-refractivity contribution in [2.75, 3.05) is 13.2 Å². The minimum Gasteiger partial charge on any atom is -0.449 e. The lowest BCUT2D eigenvalue weighted by Gasteiger charge is -2.35. The Morgan fingerprint density at radius 1 is 0.981 bits per heavy atom. The zero-order chi connectivity index (χ0) is 38.5. The molecule has 3 fully saturated rings. The van der Waals surface area contributed by atoms with Gasteiger partial charge >= 0.3 is 6.09 Å². The van der Waals surface area contributed by atoms with Gasteiger partial charge in [0, 0.05) is 17.5 Å². The van der Waals surface area contributed by atoms with Crippen LogP contribution < -0.4 is 15.4 Å². The number of alkyl halides is 2. The average Bonchev–Trinajstić information content (AvgIpc) is 4.01. The van der Waals surface area contributed by atoms with E-state index in [-0.39, 0.29) is 25.5 Å². The van der Waals surface area contributed by atoms with E-state index in [0.29, 0.717) is 18.6 Å². The summed E-state index contributed by atoms with van der Waals surface area (Å²) in [7, 11) is -4.12. The van der Waals surface area contributed by atoms with Crippen molar-refractivity contribution in [3.63, 3.8) is 0 Å². The predicted molar refractivity (Wildman–Crippen MR) is 190 cm³/mol. The van der Waals surface area contributed by atoms with Crippen molar-refractivity contribution in [3.05, 3.63) is 59.7 Å². The van der Waals surface area contributed by atoms with Gasteiger partial charge in [-0.15, -0.1) is 0 Å². The second-order valence-electron chi connectivity index (χ2n) is 15.7. The average molecular weight is 758 g/mol. The second-order valence-corrected chi connectivity index (χ2v) is 17.7. The number of fused-ring (bicyclic) bond motifs is 3. The predicted octanol–water partition coefficient (Wildman–Crippen LogP) is 3.95. The van der Waals surface area contributed by atoms with Crippen LogP contribution in [0.2, 0.25) is 0 Å². The topological polar surface area (TPSA) is 173 Å². The monoisotopic (exact) mass is 757 g/mol. The zero-order valence-corrected chi connectivity index (χ0v) is 31.0. The molecule has 4 amide bonds. The Balaban J connectivity index is 1.29. The van der Waals surface area contributed by atoms with Crippen molar-refractivity contribution in [2.24, 2.45) is 22.4 Å². The van der Waals surface area contributed by atoms with Crippen LogP contribution in [0.1, 0.15) is 71.4 Å². The van der Waals surface area contributed by atoms with Gasteiger partial charge in [0.2, 0.25) is 28.3 Å². The standard InChI is InChI=1S/C37H45F2N5O8S/c1-20(2)19-51-35(48)40-30(36(3,4)5)33(46)44-18-21(52-42-29-25-12-8-6-10-23(25)24-11-7-9-13-26(24)29)16-28(44)32(45)41-37(17-27(37)31(38)39)34(47)43-53(49,50)22-14-15-22/h6-13,20-22,27-28,30-31H,14-19H2,1-5H3,(H,40,48)(H,41,45)(H,43,47)/t21-,27+,28+,30-,37+/m1/s1. The maximum absolute atomic E-state index is 14.4. The van der Waals surface area contributed by atoms with Crippen LogP contribution in [-0.2, 0) is 34.0 Å². The lowest BCUT2D eigenvalue weighted by atomic mass is 9.85. The molecule has 5 atom stereocenters. The Morgan fingerprint density at radius 2 is 1.57 bits per heavy atom. The summed E-state index contributed by atoms with van der Waals surface area (Å²) in [5, 5.41) is 8.72. The van der Waals surface area contributed by atoms with E-state index in [9.17, 15) is 36.4 Å². The fraction of sp³-hybridized carbons (Fsp3) is 0.541. The zero-order valence-electron chi connectivity index (χ0n) is 30.2. The summed E-state index contributed by atoms with van der Waals surface area (Å²) in [5.41, 5.74) is 1.02. The number of ether oxygens (including phenoxy) is 1. The number of benzene rings is 2. The van der Waals surface area contributed by atoms with Crippen molar-refractivity contribution in [3.8, 4) is 11.1 Å². The molecule has 3 N–H and O–H groups in total. The number of amides is 4. The lowest BCUT2D eigenvalue weighted by Crippen LogP contribution is -2.60. The molecule has 4 aliphatic rings. The summed E-state index contributed by atoms with van der Waals surface area (Å²) in [5.74, 6) is -4.50. The Bertz CT molecular complexity index is 1880. The van der Waals surface area contributed by atoms with Crippen molar-refractivity contribution in [2.45, 2.75) is 95.7 Å². The third-order valence-corrected chi connectivity index (χ3v) is 11.8. The Hall–Kier alpha value is -4.60. The molecule has 16 heteroatoms. The van der Waals surface area contributed by atoms with E-state index in [2.05, 4.69) is 15.8 Å². The first-order chi connectivity index (χ1) is 24.9. The van der Waals surface area contributed by atoms with Gasteiger partial charge in [0.25, 0.3) is 5.91 Å². The van der Waals surface area contributed by atoms with Gasteiger partial charge in [0.1, 0.15) is 29.4 Å². The highest BCUT2D eigenvalue weighted by atomic mass is 32.2. The first-order valence-electron chi connectivity index (χ1n) is 17.8. The maximum atomic E-state index is 14.4. The fourth-order valence-corrected chi connectivity index (χ4v) is 8.20. The summed E-state index contributed by atoms with van der Waals surface area (Å²) in [6.45, 7) is 8.78. The molecule has 0 spiro atoms. The van der Waals surface area contributed by atoms with Gasteiger partial charge in [-0.1, -0.05) is 88.3 Å². The summed E-state index contributed by atoms with van der Waals surface area (Å²) in [6, 6.07) is 12.7. The van der Waals surface area contributed by atoms with Crippen LogP contribution >= 0.6 is 0 Å². The molecule has 53 heavy (non-hydrogen) atoms. The molecule has 1 aliphatic heterocycles. The molecule has 1 saturated heterocycles. The number of likely N-dealkylation sites (tertiary alicyclic amines) is 1. The van der Waals surface area contributed by atoms with Gasteiger partial charge < -0.3 is 25.1 Å². The Labute approximate surface area is 307 Å². The second kappa shape index (κ2) is 14.3. The number of hydrogen-bond donors (Lipinski definition) is 3. The normalized spacial score (nSPS) is 23.9. The largest absolute Gasteiger partial charge is 0.449 e. The molecular formula is C37H45F2N5O8S. The Kier molecular flexibility index (Phi) is 10.3. The van der Waals surface area contributed by atoms with Crippen LogP contribution in [-0.4, -0.2) is 91.4 Å². The lowest BCUT2D eigenvalue weighted by molar-refractivity contribution is -0.143. The van der Waals surface area contributed by atoms with Crippen molar-refractivity contribution in [1.29, 1.82) is 0 Å². The number of hydrogen-bond acceptors (Lipinski definition) is 9. The minimum absolute atomic E-state index is 0.0257. The van der Waals surface area contributed by atoms with Gasteiger partial charge in [0.15, 0.2) is 0 Å². The Morgan fingerprint density at radius 3 is 2.08 bits per heavy atom. The van der Waals surface area contributed by atoms with Gasteiger partial charge in [-0.25, -0.2) is 22.0 Å². The van der Waals surface area contributed by atoms with Crippen LogP contribution in [0.15, 0.2) is 53.7 Å². The fourth-order valence-electron chi connectivity index (χ4n) is 6.84. The molecule has 0 bridgehead atoms. The molecule has 1 heterocycles. The highest BCUT2D eigenvalue weighted by molar-refractivity contribution is 7.91. The van der Waals surface area contributed by atoms with Crippen LogP contribution in [0.25, 0.3) is 11.1 Å². The molecule has 2 saturated carbocycles. The molecule has 0 aromatic heterocycles. The smallest absolute Gasteiger partial charge is 0.407 e. The van der Waals surface area contributed by atoms with Crippen LogP contribution in [0.4, 0.5) is 13.6 Å². The van der Waals surface area contributed by atoms with Gasteiger partial charge in [-0.3, -0.25) is 19.1 Å². The molecule has 3 aliphatic carbocycles. The number of carbonyl (C=O) groups is 4. The first kappa shape index (κ1) is 38.1. The molecule has 286 valence electrons. The molecule has 2 aromatic carbocycles. The van der Waals surface area contributed by atoms with E-state index >= 15 is 0 Å².